The summed E-state index contributed by atoms with van der Waals surface area (Å²) in [5, 5.41) is 12.2. The third-order valence-electron chi connectivity index (χ3n) is 2.36. The second-order valence-corrected chi connectivity index (χ2v) is 3.82. The first-order chi connectivity index (χ1) is 8.67. The van der Waals surface area contributed by atoms with Crippen molar-refractivity contribution in [2.45, 2.75) is 19.8 Å². The van der Waals surface area contributed by atoms with Gasteiger partial charge in [0.1, 0.15) is 0 Å². The minimum Gasteiger partial charge on any atom is -0.504 e. The SMILES string of the molecule is CCCOC(=O)NCCc1ccc(OC)c(O)c1. The summed E-state index contributed by atoms with van der Waals surface area (Å²) >= 11 is 0. The van der Waals surface area contributed by atoms with E-state index in [2.05, 4.69) is 5.32 Å². The molecule has 0 heterocycles. The number of phenolic OH excluding ortho intramolecular Hbond substituents is 1. The molecule has 0 fully saturated rings. The van der Waals surface area contributed by atoms with E-state index in [1.165, 1.54) is 7.11 Å². The van der Waals surface area contributed by atoms with Crippen molar-refractivity contribution in [2.75, 3.05) is 20.3 Å². The molecule has 5 heteroatoms. The Morgan fingerprint density at radius 1 is 1.44 bits per heavy atom. The molecule has 2 N–H and O–H groups in total. The van der Waals surface area contributed by atoms with Gasteiger partial charge in [0.2, 0.25) is 0 Å². The zero-order valence-electron chi connectivity index (χ0n) is 10.7. The van der Waals surface area contributed by atoms with Gasteiger partial charge < -0.3 is 19.9 Å². The average Bonchev–Trinajstić information content (AvgIpc) is 2.36. The molecule has 0 saturated heterocycles. The van der Waals surface area contributed by atoms with Gasteiger partial charge in [0.15, 0.2) is 11.5 Å². The van der Waals surface area contributed by atoms with E-state index in [-0.39, 0.29) is 5.75 Å². The topological polar surface area (TPSA) is 67.8 Å². The van der Waals surface area contributed by atoms with Crippen LogP contribution in [0.3, 0.4) is 0 Å². The van der Waals surface area contributed by atoms with Crippen LogP contribution in [0.4, 0.5) is 4.79 Å². The van der Waals surface area contributed by atoms with E-state index in [0.29, 0.717) is 25.3 Å². The van der Waals surface area contributed by atoms with Crippen LogP contribution >= 0.6 is 0 Å². The summed E-state index contributed by atoms with van der Waals surface area (Å²) < 4.78 is 9.82. The second-order valence-electron chi connectivity index (χ2n) is 3.82. The van der Waals surface area contributed by atoms with Gasteiger partial charge in [-0.15, -0.1) is 0 Å². The first-order valence-electron chi connectivity index (χ1n) is 5.94. The molecule has 1 rings (SSSR count). The monoisotopic (exact) mass is 253 g/mol. The van der Waals surface area contributed by atoms with Crippen molar-refractivity contribution in [1.29, 1.82) is 0 Å². The average molecular weight is 253 g/mol. The molecule has 1 aromatic carbocycles. The minimum atomic E-state index is -0.408. The Balaban J connectivity index is 2.35. The van der Waals surface area contributed by atoms with Gasteiger partial charge in [-0.05, 0) is 30.5 Å². The number of nitrogens with one attached hydrogen (secondary N) is 1. The molecule has 18 heavy (non-hydrogen) atoms. The maximum Gasteiger partial charge on any atom is 0.407 e. The fourth-order valence-corrected chi connectivity index (χ4v) is 1.45. The molecular formula is C13H19NO4. The highest BCUT2D eigenvalue weighted by Crippen LogP contribution is 2.26. The van der Waals surface area contributed by atoms with Crippen LogP contribution in [-0.2, 0) is 11.2 Å². The summed E-state index contributed by atoms with van der Waals surface area (Å²) in [5.74, 6) is 0.539. The molecular weight excluding hydrogens is 234 g/mol. The lowest BCUT2D eigenvalue weighted by molar-refractivity contribution is 0.146. The van der Waals surface area contributed by atoms with Crippen LogP contribution in [0.1, 0.15) is 18.9 Å². The fourth-order valence-electron chi connectivity index (χ4n) is 1.45. The molecule has 0 aliphatic carbocycles. The van der Waals surface area contributed by atoms with Gasteiger partial charge in [-0.3, -0.25) is 0 Å². The van der Waals surface area contributed by atoms with Crippen LogP contribution in [0.5, 0.6) is 11.5 Å². The zero-order chi connectivity index (χ0) is 13.4. The number of carbonyl (C=O) groups excluding carboxylic acids is 1. The Bertz CT molecular complexity index is 393. The van der Waals surface area contributed by atoms with Crippen molar-refractivity contribution < 1.29 is 19.4 Å². The number of methoxy groups -OCH3 is 1. The van der Waals surface area contributed by atoms with E-state index in [1.54, 1.807) is 12.1 Å². The molecule has 0 atom stereocenters. The molecule has 1 amide bonds. The van der Waals surface area contributed by atoms with Gasteiger partial charge >= 0.3 is 6.09 Å². The molecule has 0 saturated carbocycles. The molecule has 0 aliphatic rings. The van der Waals surface area contributed by atoms with Crippen LogP contribution < -0.4 is 10.1 Å². The minimum absolute atomic E-state index is 0.101. The highest BCUT2D eigenvalue weighted by Gasteiger charge is 2.04. The van der Waals surface area contributed by atoms with E-state index < -0.39 is 6.09 Å². The Morgan fingerprint density at radius 2 is 2.22 bits per heavy atom. The van der Waals surface area contributed by atoms with Crippen LogP contribution in [0, 0.1) is 0 Å². The molecule has 0 spiro atoms. The first-order valence-corrected chi connectivity index (χ1v) is 5.94. The van der Waals surface area contributed by atoms with Gasteiger partial charge in [-0.2, -0.15) is 0 Å². The van der Waals surface area contributed by atoms with Crippen molar-refractivity contribution in [1.82, 2.24) is 5.32 Å². The number of ether oxygens (including phenoxy) is 2. The summed E-state index contributed by atoms with van der Waals surface area (Å²) in [5.41, 5.74) is 0.920. The Hall–Kier alpha value is -1.91. The molecule has 1 aromatic rings. The number of carbonyl (C=O) groups is 1. The first kappa shape index (κ1) is 14.2. The third kappa shape index (κ3) is 4.53. The van der Waals surface area contributed by atoms with Crippen LogP contribution in [-0.4, -0.2) is 31.5 Å². The number of benzene rings is 1. The Kier molecular flexibility index (Phi) is 5.84. The largest absolute Gasteiger partial charge is 0.504 e. The van der Waals surface area contributed by atoms with E-state index in [9.17, 15) is 9.90 Å². The highest BCUT2D eigenvalue weighted by atomic mass is 16.5. The molecule has 0 aromatic heterocycles. The standard InChI is InChI=1S/C13H19NO4/c1-3-8-18-13(16)14-7-6-10-4-5-12(17-2)11(15)9-10/h4-5,9,15H,3,6-8H2,1-2H3,(H,14,16). The number of phenols is 1. The van der Waals surface area contributed by atoms with E-state index >= 15 is 0 Å². The van der Waals surface area contributed by atoms with Gasteiger partial charge in [-0.1, -0.05) is 13.0 Å². The van der Waals surface area contributed by atoms with Gasteiger partial charge in [0.25, 0.3) is 0 Å². The quantitative estimate of drug-likeness (QED) is 0.814. The highest BCUT2D eigenvalue weighted by molar-refractivity contribution is 5.67. The predicted octanol–water partition coefficient (Wildman–Crippen LogP) is 2.08. The van der Waals surface area contributed by atoms with E-state index in [4.69, 9.17) is 9.47 Å². The molecule has 5 nitrogen and oxygen atoms in total. The number of hydrogen-bond acceptors (Lipinski definition) is 4. The lowest BCUT2D eigenvalue weighted by atomic mass is 10.1. The van der Waals surface area contributed by atoms with Crippen LogP contribution in [0.15, 0.2) is 18.2 Å². The summed E-state index contributed by atoms with van der Waals surface area (Å²) in [4.78, 5) is 11.2. The Morgan fingerprint density at radius 3 is 2.83 bits per heavy atom. The van der Waals surface area contributed by atoms with E-state index in [0.717, 1.165) is 12.0 Å². The van der Waals surface area contributed by atoms with Crippen molar-refractivity contribution >= 4 is 6.09 Å². The van der Waals surface area contributed by atoms with Crippen molar-refractivity contribution in [3.8, 4) is 11.5 Å². The number of amides is 1. The van der Waals surface area contributed by atoms with Gasteiger partial charge in [-0.25, -0.2) is 4.79 Å². The summed E-state index contributed by atoms with van der Waals surface area (Å²) in [6.45, 7) is 2.83. The van der Waals surface area contributed by atoms with Crippen molar-refractivity contribution in [3.05, 3.63) is 23.8 Å². The zero-order valence-corrected chi connectivity index (χ0v) is 10.7. The van der Waals surface area contributed by atoms with Gasteiger partial charge in [0, 0.05) is 6.54 Å². The summed E-state index contributed by atoms with van der Waals surface area (Å²) in [7, 11) is 1.50. The number of alkyl carbamates (subject to hydrolysis) is 1. The smallest absolute Gasteiger partial charge is 0.407 e. The van der Waals surface area contributed by atoms with Crippen molar-refractivity contribution in [3.63, 3.8) is 0 Å². The molecule has 0 unspecified atom stereocenters. The number of rotatable bonds is 6. The third-order valence-corrected chi connectivity index (χ3v) is 2.36. The molecule has 0 bridgehead atoms. The molecule has 100 valence electrons. The van der Waals surface area contributed by atoms with E-state index in [1.807, 2.05) is 13.0 Å². The summed E-state index contributed by atoms with van der Waals surface area (Å²) in [6, 6.07) is 5.16. The second kappa shape index (κ2) is 7.42. The molecule has 0 radical (unpaired) electrons. The predicted molar refractivity (Wildman–Crippen MR) is 68.0 cm³/mol. The Labute approximate surface area is 107 Å². The maximum atomic E-state index is 11.2. The normalized spacial score (nSPS) is 9.89. The molecule has 0 aliphatic heterocycles. The number of aromatic hydroxyl groups is 1. The number of hydrogen-bond donors (Lipinski definition) is 2. The fraction of sp³-hybridized carbons (Fsp3) is 0.462. The van der Waals surface area contributed by atoms with Crippen LogP contribution in [0.2, 0.25) is 0 Å². The lowest BCUT2D eigenvalue weighted by Crippen LogP contribution is -2.26. The van der Waals surface area contributed by atoms with Gasteiger partial charge in [0.05, 0.1) is 13.7 Å². The van der Waals surface area contributed by atoms with Crippen LogP contribution in [0.25, 0.3) is 0 Å². The lowest BCUT2D eigenvalue weighted by Gasteiger charge is -2.08. The summed E-state index contributed by atoms with van der Waals surface area (Å²) in [6.07, 6.45) is 1.02. The maximum absolute atomic E-state index is 11.2. The van der Waals surface area contributed by atoms with Crippen molar-refractivity contribution in [2.24, 2.45) is 0 Å².